The molecular formula is C11H11N7OS. The van der Waals surface area contributed by atoms with Crippen LogP contribution >= 0.6 is 11.3 Å². The number of hydrogen-bond donors (Lipinski definition) is 3. The first-order chi connectivity index (χ1) is 9.72. The van der Waals surface area contributed by atoms with E-state index in [1.807, 2.05) is 11.4 Å². The Morgan fingerprint density at radius 2 is 2.25 bits per heavy atom. The number of nitrogen functional groups attached to an aromatic ring is 1. The number of hydrazine groups is 1. The van der Waals surface area contributed by atoms with Crippen molar-refractivity contribution in [2.45, 2.75) is 0 Å². The van der Waals surface area contributed by atoms with Gasteiger partial charge in [-0.1, -0.05) is 0 Å². The zero-order chi connectivity index (χ0) is 14.1. The Hall–Kier alpha value is -2.52. The lowest BCUT2D eigenvalue weighted by Crippen LogP contribution is -2.18. The van der Waals surface area contributed by atoms with Crippen LogP contribution in [0.5, 0.6) is 0 Å². The number of rotatable bonds is 3. The van der Waals surface area contributed by atoms with E-state index in [2.05, 4.69) is 25.8 Å². The Bertz CT molecular complexity index is 778. The summed E-state index contributed by atoms with van der Waals surface area (Å²) in [5.74, 6) is 5.98. The number of nitrogens with two attached hydrogens (primary N) is 1. The summed E-state index contributed by atoms with van der Waals surface area (Å²) in [6, 6.07) is 3.52. The zero-order valence-corrected chi connectivity index (χ0v) is 11.3. The summed E-state index contributed by atoms with van der Waals surface area (Å²) in [6.45, 7) is 0. The van der Waals surface area contributed by atoms with E-state index in [-0.39, 0.29) is 5.91 Å². The van der Waals surface area contributed by atoms with Crippen molar-refractivity contribution >= 4 is 33.4 Å². The highest BCUT2D eigenvalue weighted by molar-refractivity contribution is 7.16. The van der Waals surface area contributed by atoms with Crippen molar-refractivity contribution in [3.8, 4) is 5.82 Å². The molecule has 0 aliphatic carbocycles. The highest BCUT2D eigenvalue weighted by Crippen LogP contribution is 2.25. The largest absolute Gasteiger partial charge is 0.354 e. The molecule has 0 radical (unpaired) electrons. The fraction of sp³-hybridized carbons (Fsp3) is 0.0909. The molecule has 20 heavy (non-hydrogen) atoms. The number of aromatic nitrogens is 4. The van der Waals surface area contributed by atoms with Gasteiger partial charge in [-0.3, -0.25) is 10.2 Å². The smallest absolute Gasteiger partial charge is 0.271 e. The topological polar surface area (TPSA) is 111 Å². The molecule has 0 saturated carbocycles. The molecule has 0 spiro atoms. The molecule has 0 fully saturated rings. The first kappa shape index (κ1) is 12.5. The molecule has 0 atom stereocenters. The fourth-order valence-electron chi connectivity index (χ4n) is 1.77. The van der Waals surface area contributed by atoms with Crippen molar-refractivity contribution in [1.82, 2.24) is 25.1 Å². The molecular weight excluding hydrogens is 278 g/mol. The number of fused-ring (bicyclic) bond motifs is 1. The van der Waals surface area contributed by atoms with Gasteiger partial charge in [-0.15, -0.1) is 11.3 Å². The molecule has 0 aliphatic rings. The molecule has 0 saturated heterocycles. The number of carbonyl (C=O) groups excluding carboxylic acids is 1. The minimum absolute atomic E-state index is 0.253. The highest BCUT2D eigenvalue weighted by atomic mass is 32.1. The van der Waals surface area contributed by atoms with E-state index in [4.69, 9.17) is 5.84 Å². The van der Waals surface area contributed by atoms with Gasteiger partial charge in [0.05, 0.1) is 5.39 Å². The first-order valence-electron chi connectivity index (χ1n) is 5.73. The molecule has 3 heterocycles. The van der Waals surface area contributed by atoms with E-state index in [0.717, 1.165) is 10.2 Å². The minimum Gasteiger partial charge on any atom is -0.354 e. The summed E-state index contributed by atoms with van der Waals surface area (Å²) in [5, 5.41) is 9.49. The number of nitrogens with zero attached hydrogens (tertiary/aromatic N) is 4. The van der Waals surface area contributed by atoms with Gasteiger partial charge in [-0.25, -0.2) is 15.5 Å². The molecule has 4 N–H and O–H groups in total. The quantitative estimate of drug-likeness (QED) is 0.479. The Morgan fingerprint density at radius 1 is 1.40 bits per heavy atom. The lowest BCUT2D eigenvalue weighted by atomic mass is 10.4. The van der Waals surface area contributed by atoms with Crippen LogP contribution in [0.2, 0.25) is 0 Å². The minimum atomic E-state index is -0.253. The number of amides is 1. The maximum Gasteiger partial charge on any atom is 0.271 e. The number of nitrogens with one attached hydrogen (secondary N) is 2. The molecule has 0 unspecified atom stereocenters. The van der Waals surface area contributed by atoms with Crippen LogP contribution in [-0.4, -0.2) is 32.7 Å². The average Bonchev–Trinajstić information content (AvgIpc) is 3.13. The Morgan fingerprint density at radius 3 is 3.00 bits per heavy atom. The van der Waals surface area contributed by atoms with E-state index in [0.29, 0.717) is 17.5 Å². The first-order valence-corrected chi connectivity index (χ1v) is 6.61. The summed E-state index contributed by atoms with van der Waals surface area (Å²) in [7, 11) is 1.56. The monoisotopic (exact) mass is 289 g/mol. The molecule has 3 aromatic heterocycles. The number of hydrogen-bond acceptors (Lipinski definition) is 7. The van der Waals surface area contributed by atoms with Gasteiger partial charge in [0.15, 0.2) is 11.5 Å². The maximum atomic E-state index is 11.5. The molecule has 0 bridgehead atoms. The van der Waals surface area contributed by atoms with Crippen LogP contribution in [0.4, 0.5) is 5.95 Å². The molecule has 1 amide bonds. The summed E-state index contributed by atoms with van der Waals surface area (Å²) in [5.41, 5.74) is 2.74. The number of carbonyl (C=O) groups is 1. The summed E-state index contributed by atoms with van der Waals surface area (Å²) in [4.78, 5) is 20.9. The second kappa shape index (κ2) is 4.87. The second-order valence-electron chi connectivity index (χ2n) is 3.88. The summed E-state index contributed by atoms with van der Waals surface area (Å²) >= 11 is 1.48. The van der Waals surface area contributed by atoms with Crippen molar-refractivity contribution in [3.05, 3.63) is 29.4 Å². The van der Waals surface area contributed by atoms with E-state index in [1.54, 1.807) is 19.3 Å². The highest BCUT2D eigenvalue weighted by Gasteiger charge is 2.13. The molecule has 3 rings (SSSR count). The van der Waals surface area contributed by atoms with E-state index in [9.17, 15) is 4.79 Å². The molecule has 102 valence electrons. The van der Waals surface area contributed by atoms with Gasteiger partial charge in [0.1, 0.15) is 4.83 Å². The van der Waals surface area contributed by atoms with Crippen molar-refractivity contribution < 1.29 is 4.79 Å². The van der Waals surface area contributed by atoms with E-state index in [1.165, 1.54) is 16.0 Å². The van der Waals surface area contributed by atoms with Gasteiger partial charge >= 0.3 is 0 Å². The Kier molecular flexibility index (Phi) is 3.05. The average molecular weight is 289 g/mol. The van der Waals surface area contributed by atoms with Crippen LogP contribution in [0, 0.1) is 0 Å². The predicted octanol–water partition coefficient (Wildman–Crippen LogP) is 0.522. The van der Waals surface area contributed by atoms with Crippen molar-refractivity contribution in [1.29, 1.82) is 0 Å². The van der Waals surface area contributed by atoms with Gasteiger partial charge in [-0.2, -0.15) is 10.1 Å². The van der Waals surface area contributed by atoms with Gasteiger partial charge in [0.2, 0.25) is 5.95 Å². The van der Waals surface area contributed by atoms with E-state index >= 15 is 0 Å². The Balaban J connectivity index is 2.15. The van der Waals surface area contributed by atoms with Crippen molar-refractivity contribution in [2.24, 2.45) is 5.84 Å². The SMILES string of the molecule is CNC(=O)c1ccn(-c2nc(NN)nc3sccc23)n1. The van der Waals surface area contributed by atoms with Crippen LogP contribution in [0.15, 0.2) is 23.7 Å². The van der Waals surface area contributed by atoms with Gasteiger partial charge in [0.25, 0.3) is 5.91 Å². The molecule has 0 aliphatic heterocycles. The van der Waals surface area contributed by atoms with Crippen LogP contribution in [-0.2, 0) is 0 Å². The normalized spacial score (nSPS) is 10.7. The maximum absolute atomic E-state index is 11.5. The van der Waals surface area contributed by atoms with E-state index < -0.39 is 0 Å². The number of anilines is 1. The standard InChI is InChI=1S/C11H11N7OS/c1-13-9(19)7-2-4-18(17-7)8-6-3-5-20-10(6)15-11(14-8)16-12/h2-5H,12H2,1H3,(H,13,19)(H,14,15,16). The third kappa shape index (κ3) is 1.98. The summed E-state index contributed by atoms with van der Waals surface area (Å²) < 4.78 is 1.53. The van der Waals surface area contributed by atoms with Crippen LogP contribution in [0.3, 0.4) is 0 Å². The third-order valence-corrected chi connectivity index (χ3v) is 3.51. The molecule has 8 nitrogen and oxygen atoms in total. The van der Waals surface area contributed by atoms with Crippen LogP contribution in [0.1, 0.15) is 10.5 Å². The van der Waals surface area contributed by atoms with Crippen molar-refractivity contribution in [3.63, 3.8) is 0 Å². The van der Waals surface area contributed by atoms with Gasteiger partial charge in [0, 0.05) is 13.2 Å². The second-order valence-corrected chi connectivity index (χ2v) is 4.77. The van der Waals surface area contributed by atoms with Crippen LogP contribution < -0.4 is 16.6 Å². The lowest BCUT2D eigenvalue weighted by Gasteiger charge is -2.05. The zero-order valence-electron chi connectivity index (χ0n) is 10.5. The number of thiophene rings is 1. The Labute approximate surface area is 117 Å². The molecule has 0 aromatic carbocycles. The lowest BCUT2D eigenvalue weighted by molar-refractivity contribution is 0.0957. The fourth-order valence-corrected chi connectivity index (χ4v) is 2.53. The van der Waals surface area contributed by atoms with Gasteiger partial charge in [-0.05, 0) is 17.5 Å². The van der Waals surface area contributed by atoms with Gasteiger partial charge < -0.3 is 5.32 Å². The third-order valence-electron chi connectivity index (χ3n) is 2.70. The molecule has 3 aromatic rings. The molecule has 9 heteroatoms. The summed E-state index contributed by atoms with van der Waals surface area (Å²) in [6.07, 6.45) is 1.67. The van der Waals surface area contributed by atoms with Crippen molar-refractivity contribution in [2.75, 3.05) is 12.5 Å². The van der Waals surface area contributed by atoms with Crippen LogP contribution in [0.25, 0.3) is 16.0 Å². The predicted molar refractivity (Wildman–Crippen MR) is 75.7 cm³/mol.